The first kappa shape index (κ1) is 14.5. The Morgan fingerprint density at radius 3 is 2.35 bits per heavy atom. The molecular weight excluding hydrogens is 296 g/mol. The van der Waals surface area contributed by atoms with Crippen LogP contribution in [0.3, 0.4) is 0 Å². The lowest BCUT2D eigenvalue weighted by atomic mass is 10.1. The van der Waals surface area contributed by atoms with Gasteiger partial charge in [-0.15, -0.1) is 0 Å². The van der Waals surface area contributed by atoms with Crippen molar-refractivity contribution in [3.8, 4) is 0 Å². The molecular formula is C13H9ClF4N2. The highest BCUT2D eigenvalue weighted by Gasteiger charge is 2.30. The van der Waals surface area contributed by atoms with Crippen molar-refractivity contribution in [3.63, 3.8) is 0 Å². The van der Waals surface area contributed by atoms with Crippen molar-refractivity contribution < 1.29 is 17.6 Å². The van der Waals surface area contributed by atoms with E-state index in [1.807, 2.05) is 0 Å². The fourth-order valence-corrected chi connectivity index (χ4v) is 1.77. The molecule has 0 aromatic heterocycles. The minimum atomic E-state index is -4.48. The summed E-state index contributed by atoms with van der Waals surface area (Å²) in [6.07, 6.45) is -4.48. The Morgan fingerprint density at radius 2 is 1.75 bits per heavy atom. The monoisotopic (exact) mass is 304 g/mol. The van der Waals surface area contributed by atoms with Gasteiger partial charge >= 0.3 is 6.18 Å². The van der Waals surface area contributed by atoms with Crippen molar-refractivity contribution in [1.29, 1.82) is 0 Å². The number of hydrogen-bond acceptors (Lipinski definition) is 2. The number of nitrogens with two attached hydrogens (primary N) is 1. The first-order valence-electron chi connectivity index (χ1n) is 5.47. The molecule has 0 amide bonds. The fraction of sp³-hybridized carbons (Fsp3) is 0.0769. The number of nitrogens with one attached hydrogen (secondary N) is 1. The first-order valence-corrected chi connectivity index (χ1v) is 5.84. The molecule has 20 heavy (non-hydrogen) atoms. The number of anilines is 3. The van der Waals surface area contributed by atoms with E-state index in [0.29, 0.717) is 0 Å². The normalized spacial score (nSPS) is 11.4. The fourth-order valence-electron chi connectivity index (χ4n) is 1.60. The van der Waals surface area contributed by atoms with E-state index in [4.69, 9.17) is 17.3 Å². The van der Waals surface area contributed by atoms with Crippen LogP contribution in [0.4, 0.5) is 34.6 Å². The van der Waals surface area contributed by atoms with Gasteiger partial charge in [-0.25, -0.2) is 4.39 Å². The van der Waals surface area contributed by atoms with Crippen LogP contribution in [0.5, 0.6) is 0 Å². The Kier molecular flexibility index (Phi) is 3.76. The Morgan fingerprint density at radius 1 is 1.05 bits per heavy atom. The van der Waals surface area contributed by atoms with Gasteiger partial charge in [-0.3, -0.25) is 0 Å². The number of alkyl halides is 3. The van der Waals surface area contributed by atoms with Gasteiger partial charge in [0.25, 0.3) is 0 Å². The predicted molar refractivity (Wildman–Crippen MR) is 70.5 cm³/mol. The zero-order valence-electron chi connectivity index (χ0n) is 9.93. The van der Waals surface area contributed by atoms with Crippen LogP contribution in [0.2, 0.25) is 5.02 Å². The van der Waals surface area contributed by atoms with Crippen LogP contribution < -0.4 is 11.1 Å². The number of benzene rings is 2. The molecule has 0 saturated heterocycles. The van der Waals surface area contributed by atoms with E-state index >= 15 is 0 Å². The molecule has 0 aliphatic rings. The maximum atomic E-state index is 13.7. The largest absolute Gasteiger partial charge is 0.416 e. The summed E-state index contributed by atoms with van der Waals surface area (Å²) >= 11 is 5.61. The van der Waals surface area contributed by atoms with Crippen LogP contribution >= 0.6 is 11.6 Å². The van der Waals surface area contributed by atoms with Gasteiger partial charge in [-0.1, -0.05) is 17.7 Å². The average molecular weight is 305 g/mol. The molecule has 2 aromatic rings. The molecule has 0 unspecified atom stereocenters. The number of hydrogen-bond donors (Lipinski definition) is 2. The summed E-state index contributed by atoms with van der Waals surface area (Å²) in [5.74, 6) is -0.700. The van der Waals surface area contributed by atoms with Crippen LogP contribution in [-0.2, 0) is 6.18 Å². The summed E-state index contributed by atoms with van der Waals surface area (Å²) in [6.45, 7) is 0. The van der Waals surface area contributed by atoms with Crippen LogP contribution in [0.15, 0.2) is 36.4 Å². The molecule has 106 valence electrons. The van der Waals surface area contributed by atoms with Gasteiger partial charge in [-0.05, 0) is 30.3 Å². The maximum Gasteiger partial charge on any atom is 0.416 e. The Hall–Kier alpha value is -1.95. The molecule has 0 atom stereocenters. The third-order valence-corrected chi connectivity index (χ3v) is 2.89. The third-order valence-electron chi connectivity index (χ3n) is 2.60. The predicted octanol–water partition coefficient (Wildman–Crippen LogP) is 4.82. The number of halogens is 5. The molecule has 0 spiro atoms. The van der Waals surface area contributed by atoms with Crippen LogP contribution in [0.25, 0.3) is 0 Å². The second-order valence-electron chi connectivity index (χ2n) is 4.03. The molecule has 0 saturated carbocycles. The van der Waals surface area contributed by atoms with Crippen molar-refractivity contribution in [2.24, 2.45) is 0 Å². The molecule has 2 nitrogen and oxygen atoms in total. The summed E-state index contributed by atoms with van der Waals surface area (Å²) in [5, 5.41) is 2.51. The summed E-state index contributed by atoms with van der Waals surface area (Å²) in [6, 6.07) is 7.05. The molecule has 0 fully saturated rings. The van der Waals surface area contributed by atoms with Crippen molar-refractivity contribution in [2.75, 3.05) is 11.1 Å². The highest BCUT2D eigenvalue weighted by molar-refractivity contribution is 6.31. The highest BCUT2D eigenvalue weighted by Crippen LogP contribution is 2.34. The van der Waals surface area contributed by atoms with E-state index in [0.717, 1.165) is 18.2 Å². The second kappa shape index (κ2) is 5.20. The molecule has 7 heteroatoms. The van der Waals surface area contributed by atoms with Crippen molar-refractivity contribution in [2.45, 2.75) is 6.18 Å². The summed E-state index contributed by atoms with van der Waals surface area (Å²) < 4.78 is 51.1. The van der Waals surface area contributed by atoms with E-state index < -0.39 is 17.6 Å². The van der Waals surface area contributed by atoms with E-state index in [1.54, 1.807) is 0 Å². The first-order chi connectivity index (χ1) is 9.29. The Balaban J connectivity index is 2.33. The smallest absolute Gasteiger partial charge is 0.397 e. The molecule has 0 aliphatic heterocycles. The van der Waals surface area contributed by atoms with Crippen molar-refractivity contribution in [3.05, 3.63) is 52.8 Å². The third kappa shape index (κ3) is 2.96. The van der Waals surface area contributed by atoms with Gasteiger partial charge in [0.15, 0.2) is 5.82 Å². The van der Waals surface area contributed by atoms with E-state index in [2.05, 4.69) is 5.32 Å². The maximum absolute atomic E-state index is 13.7. The van der Waals surface area contributed by atoms with Crippen molar-refractivity contribution >= 4 is 28.7 Å². The molecule has 2 rings (SSSR count). The topological polar surface area (TPSA) is 38.0 Å². The molecule has 3 N–H and O–H groups in total. The molecule has 0 bridgehead atoms. The zero-order chi connectivity index (χ0) is 14.9. The lowest BCUT2D eigenvalue weighted by Gasteiger charge is -2.13. The minimum Gasteiger partial charge on any atom is -0.397 e. The van der Waals surface area contributed by atoms with Gasteiger partial charge in [0, 0.05) is 0 Å². The molecule has 2 aromatic carbocycles. The Labute approximate surface area is 117 Å². The SMILES string of the molecule is Nc1cc(C(F)(F)F)ccc1Nc1cccc(Cl)c1F. The second-order valence-corrected chi connectivity index (χ2v) is 4.43. The quantitative estimate of drug-likeness (QED) is 0.616. The van der Waals surface area contributed by atoms with Gasteiger partial charge in [0.05, 0.1) is 27.6 Å². The van der Waals surface area contributed by atoms with Crippen LogP contribution in [0.1, 0.15) is 5.56 Å². The Bertz CT molecular complexity index is 641. The molecule has 0 radical (unpaired) electrons. The summed E-state index contributed by atoms with van der Waals surface area (Å²) in [7, 11) is 0. The van der Waals surface area contributed by atoms with Crippen LogP contribution in [-0.4, -0.2) is 0 Å². The van der Waals surface area contributed by atoms with Gasteiger partial charge in [0.1, 0.15) is 0 Å². The van der Waals surface area contributed by atoms with Gasteiger partial charge in [-0.2, -0.15) is 13.2 Å². The lowest BCUT2D eigenvalue weighted by molar-refractivity contribution is -0.137. The van der Waals surface area contributed by atoms with Gasteiger partial charge < -0.3 is 11.1 Å². The van der Waals surface area contributed by atoms with Crippen molar-refractivity contribution in [1.82, 2.24) is 0 Å². The molecule has 0 aliphatic carbocycles. The van der Waals surface area contributed by atoms with Gasteiger partial charge in [0.2, 0.25) is 0 Å². The standard InChI is InChI=1S/C13H9ClF4N2/c14-8-2-1-3-11(12(8)15)20-10-5-4-7(6-9(10)19)13(16,17)18/h1-6,20H,19H2. The van der Waals surface area contributed by atoms with E-state index in [-0.39, 0.29) is 22.1 Å². The molecule has 0 heterocycles. The summed E-state index contributed by atoms with van der Waals surface area (Å²) in [5.41, 5.74) is 4.73. The number of nitrogen functional groups attached to an aromatic ring is 1. The minimum absolute atomic E-state index is 0.0314. The number of rotatable bonds is 2. The zero-order valence-corrected chi connectivity index (χ0v) is 10.7. The average Bonchev–Trinajstić information content (AvgIpc) is 2.36. The van der Waals surface area contributed by atoms with E-state index in [9.17, 15) is 17.6 Å². The van der Waals surface area contributed by atoms with E-state index in [1.165, 1.54) is 18.2 Å². The lowest BCUT2D eigenvalue weighted by Crippen LogP contribution is -2.07. The highest BCUT2D eigenvalue weighted by atomic mass is 35.5. The van der Waals surface area contributed by atoms with Crippen LogP contribution in [0, 0.1) is 5.82 Å². The summed E-state index contributed by atoms with van der Waals surface area (Å²) in [4.78, 5) is 0.